The SMILES string of the molecule is CCOc1ccc(N(CC(=O)N(Cc2ccc(Cl)c(Cl)c2)[C@@H](CC)C(=O)NCC(C)C)S(=O)(=O)c2ccc(Br)cc2)cc1. The van der Waals surface area contributed by atoms with Crippen molar-refractivity contribution in [2.45, 2.75) is 51.6 Å². The zero-order valence-electron chi connectivity index (χ0n) is 24.5. The Labute approximate surface area is 272 Å². The molecule has 3 aromatic carbocycles. The zero-order valence-corrected chi connectivity index (χ0v) is 28.4. The third-order valence-electron chi connectivity index (χ3n) is 6.52. The third kappa shape index (κ3) is 9.35. The number of anilines is 1. The molecule has 12 heteroatoms. The van der Waals surface area contributed by atoms with E-state index in [0.717, 1.165) is 4.31 Å². The smallest absolute Gasteiger partial charge is 0.264 e. The van der Waals surface area contributed by atoms with E-state index in [2.05, 4.69) is 21.2 Å². The first kappa shape index (κ1) is 34.7. The van der Waals surface area contributed by atoms with Crippen molar-refractivity contribution in [2.75, 3.05) is 24.0 Å². The van der Waals surface area contributed by atoms with E-state index < -0.39 is 28.5 Å². The Kier molecular flexibility index (Phi) is 12.7. The lowest BCUT2D eigenvalue weighted by Crippen LogP contribution is -2.52. The van der Waals surface area contributed by atoms with Crippen LogP contribution >= 0.6 is 39.1 Å². The molecular formula is C31H36BrCl2N3O5S. The number of sulfonamides is 1. The second-order valence-corrected chi connectivity index (χ2v) is 13.8. The predicted molar refractivity (Wildman–Crippen MR) is 175 cm³/mol. The van der Waals surface area contributed by atoms with Crippen molar-refractivity contribution in [1.82, 2.24) is 10.2 Å². The highest BCUT2D eigenvalue weighted by Crippen LogP contribution is 2.28. The van der Waals surface area contributed by atoms with Crippen LogP contribution in [0.25, 0.3) is 0 Å². The maximum Gasteiger partial charge on any atom is 0.264 e. The average Bonchev–Trinajstić information content (AvgIpc) is 2.97. The highest BCUT2D eigenvalue weighted by Gasteiger charge is 2.33. The van der Waals surface area contributed by atoms with Gasteiger partial charge < -0.3 is 15.0 Å². The number of hydrogen-bond acceptors (Lipinski definition) is 5. The molecule has 1 N–H and O–H groups in total. The molecule has 0 aliphatic heterocycles. The van der Waals surface area contributed by atoms with E-state index in [1.54, 1.807) is 61.5 Å². The molecule has 1 atom stereocenters. The molecule has 0 aliphatic rings. The van der Waals surface area contributed by atoms with Gasteiger partial charge in [-0.3, -0.25) is 13.9 Å². The third-order valence-corrected chi connectivity index (χ3v) is 9.58. The van der Waals surface area contributed by atoms with E-state index in [1.165, 1.54) is 17.0 Å². The van der Waals surface area contributed by atoms with Crippen molar-refractivity contribution in [1.29, 1.82) is 0 Å². The van der Waals surface area contributed by atoms with E-state index >= 15 is 0 Å². The molecule has 8 nitrogen and oxygen atoms in total. The Morgan fingerprint density at radius 3 is 2.16 bits per heavy atom. The summed E-state index contributed by atoms with van der Waals surface area (Å²) in [6.07, 6.45) is 0.305. The molecule has 3 rings (SSSR count). The molecular weight excluding hydrogens is 677 g/mol. The van der Waals surface area contributed by atoms with E-state index in [-0.39, 0.29) is 29.0 Å². The fourth-order valence-corrected chi connectivity index (χ4v) is 6.31. The lowest BCUT2D eigenvalue weighted by atomic mass is 10.1. The summed E-state index contributed by atoms with van der Waals surface area (Å²) in [6, 6.07) is 16.7. The standard InChI is InChI=1S/C31H36BrCl2N3O5S/c1-5-29(31(39)35-18-21(3)4)36(19-22-7-16-27(33)28(34)17-22)30(38)20-37(24-10-12-25(13-11-24)42-6-2)43(40,41)26-14-8-23(32)9-15-26/h7-17,21,29H,5-6,18-20H2,1-4H3,(H,35,39)/t29-/m0/s1. The number of nitrogens with one attached hydrogen (secondary N) is 1. The van der Waals surface area contributed by atoms with Crippen molar-refractivity contribution < 1.29 is 22.7 Å². The van der Waals surface area contributed by atoms with E-state index in [1.807, 2.05) is 20.8 Å². The van der Waals surface area contributed by atoms with Crippen LogP contribution in [0.4, 0.5) is 5.69 Å². The highest BCUT2D eigenvalue weighted by atomic mass is 79.9. The van der Waals surface area contributed by atoms with Gasteiger partial charge in [-0.25, -0.2) is 8.42 Å². The zero-order chi connectivity index (χ0) is 31.7. The fraction of sp³-hybridized carbons (Fsp3) is 0.355. The largest absolute Gasteiger partial charge is 0.494 e. The summed E-state index contributed by atoms with van der Waals surface area (Å²) in [5.74, 6) is -0.125. The minimum atomic E-state index is -4.20. The number of carbonyl (C=O) groups is 2. The van der Waals surface area contributed by atoms with Gasteiger partial charge in [0.15, 0.2) is 0 Å². The van der Waals surface area contributed by atoms with Crippen LogP contribution in [-0.4, -0.2) is 50.9 Å². The Morgan fingerprint density at radius 2 is 1.60 bits per heavy atom. The van der Waals surface area contributed by atoms with Crippen LogP contribution in [0.2, 0.25) is 10.0 Å². The van der Waals surface area contributed by atoms with Crippen molar-refractivity contribution >= 4 is 66.7 Å². The normalized spacial score (nSPS) is 12.1. The van der Waals surface area contributed by atoms with Gasteiger partial charge in [0.1, 0.15) is 18.3 Å². The van der Waals surface area contributed by atoms with E-state index in [9.17, 15) is 18.0 Å². The lowest BCUT2D eigenvalue weighted by molar-refractivity contribution is -0.140. The Bertz CT molecular complexity index is 1500. The van der Waals surface area contributed by atoms with Crippen molar-refractivity contribution in [3.8, 4) is 5.75 Å². The van der Waals surface area contributed by atoms with Gasteiger partial charge in [-0.1, -0.05) is 66.0 Å². The molecule has 0 fully saturated rings. The molecule has 43 heavy (non-hydrogen) atoms. The highest BCUT2D eigenvalue weighted by molar-refractivity contribution is 9.10. The molecule has 0 bridgehead atoms. The van der Waals surface area contributed by atoms with Crippen LogP contribution in [-0.2, 0) is 26.2 Å². The summed E-state index contributed by atoms with van der Waals surface area (Å²) >= 11 is 15.7. The molecule has 0 aliphatic carbocycles. The van der Waals surface area contributed by atoms with Gasteiger partial charge in [-0.05, 0) is 85.5 Å². The topological polar surface area (TPSA) is 96.0 Å². The molecule has 0 saturated carbocycles. The van der Waals surface area contributed by atoms with Gasteiger partial charge in [0.2, 0.25) is 11.8 Å². The molecule has 2 amide bonds. The molecule has 0 unspecified atom stereocenters. The van der Waals surface area contributed by atoms with Crippen LogP contribution in [0.5, 0.6) is 5.75 Å². The summed E-state index contributed by atoms with van der Waals surface area (Å²) in [4.78, 5) is 28.9. The van der Waals surface area contributed by atoms with Crippen molar-refractivity contribution in [3.63, 3.8) is 0 Å². The number of ether oxygens (including phenoxy) is 1. The maximum absolute atomic E-state index is 14.2. The van der Waals surface area contributed by atoms with Crippen LogP contribution in [0.1, 0.15) is 39.7 Å². The summed E-state index contributed by atoms with van der Waals surface area (Å²) in [5, 5.41) is 3.57. The second-order valence-electron chi connectivity index (χ2n) is 10.2. The van der Waals surface area contributed by atoms with Gasteiger partial charge in [0.25, 0.3) is 10.0 Å². The molecule has 0 radical (unpaired) electrons. The number of benzene rings is 3. The number of amides is 2. The number of halogens is 3. The lowest BCUT2D eigenvalue weighted by Gasteiger charge is -2.33. The van der Waals surface area contributed by atoms with Gasteiger partial charge >= 0.3 is 0 Å². The first-order valence-electron chi connectivity index (χ1n) is 13.9. The Morgan fingerprint density at radius 1 is 0.953 bits per heavy atom. The fourth-order valence-electron chi connectivity index (χ4n) is 4.31. The number of rotatable bonds is 14. The monoisotopic (exact) mass is 711 g/mol. The number of carbonyl (C=O) groups excluding carboxylic acids is 2. The molecule has 0 heterocycles. The van der Waals surface area contributed by atoms with Gasteiger partial charge in [0.05, 0.1) is 27.2 Å². The van der Waals surface area contributed by atoms with Crippen LogP contribution in [0.15, 0.2) is 76.1 Å². The van der Waals surface area contributed by atoms with Gasteiger partial charge in [-0.15, -0.1) is 0 Å². The molecule has 232 valence electrons. The van der Waals surface area contributed by atoms with Crippen molar-refractivity contribution in [3.05, 3.63) is 86.8 Å². The van der Waals surface area contributed by atoms with Crippen LogP contribution < -0.4 is 14.4 Å². The minimum absolute atomic E-state index is 0.00938. The maximum atomic E-state index is 14.2. The first-order chi connectivity index (χ1) is 20.4. The molecule has 0 aromatic heterocycles. The Hall–Kier alpha value is -2.79. The first-order valence-corrected chi connectivity index (χ1v) is 16.9. The van der Waals surface area contributed by atoms with Crippen LogP contribution in [0.3, 0.4) is 0 Å². The summed E-state index contributed by atoms with van der Waals surface area (Å²) < 4.78 is 35.3. The average molecular weight is 714 g/mol. The molecule has 0 spiro atoms. The summed E-state index contributed by atoms with van der Waals surface area (Å²) in [5.41, 5.74) is 0.910. The second kappa shape index (κ2) is 15.8. The molecule has 3 aromatic rings. The van der Waals surface area contributed by atoms with Gasteiger partial charge in [-0.2, -0.15) is 0 Å². The number of hydrogen-bond donors (Lipinski definition) is 1. The summed E-state index contributed by atoms with van der Waals surface area (Å²) in [7, 11) is -4.20. The predicted octanol–water partition coefficient (Wildman–Crippen LogP) is 6.93. The van der Waals surface area contributed by atoms with Crippen molar-refractivity contribution in [2.24, 2.45) is 5.92 Å². The van der Waals surface area contributed by atoms with E-state index in [4.69, 9.17) is 27.9 Å². The molecule has 0 saturated heterocycles. The minimum Gasteiger partial charge on any atom is -0.494 e. The Balaban J connectivity index is 2.06. The van der Waals surface area contributed by atoms with Crippen LogP contribution in [0, 0.1) is 5.92 Å². The number of nitrogens with zero attached hydrogens (tertiary/aromatic N) is 2. The van der Waals surface area contributed by atoms with Gasteiger partial charge in [0, 0.05) is 17.6 Å². The van der Waals surface area contributed by atoms with E-state index in [0.29, 0.717) is 45.4 Å². The quantitative estimate of drug-likeness (QED) is 0.196. The summed E-state index contributed by atoms with van der Waals surface area (Å²) in [6.45, 7) is 7.93.